The molecule has 0 N–H and O–H groups in total. The molecule has 1 unspecified atom stereocenters. The van der Waals surface area contributed by atoms with E-state index in [1.54, 1.807) is 24.3 Å². The standard InChI is InChI=1S/C31H43N3O5S/c1-3-34(30(35)24-25-12-14-28(15-13-25)40(2,37)38)27-16-21-32(22-17-27)23-18-29(26-10-6-4-7-11-26)39-31(36)33-19-8-5-9-20-33/h4,6-7,10-15,27,29H,3,5,8-9,16-24H2,1-2H3. The lowest BCUT2D eigenvalue weighted by molar-refractivity contribution is -0.133. The lowest BCUT2D eigenvalue weighted by atomic mass is 10.0. The van der Waals surface area contributed by atoms with Crippen LogP contribution in [0.2, 0.25) is 0 Å². The number of benzene rings is 2. The fraction of sp³-hybridized carbons (Fsp3) is 0.548. The van der Waals surface area contributed by atoms with Crippen LogP contribution in [0.3, 0.4) is 0 Å². The number of likely N-dealkylation sites (tertiary alicyclic amines) is 2. The van der Waals surface area contributed by atoms with E-state index in [-0.39, 0.29) is 35.5 Å². The molecule has 2 fully saturated rings. The Morgan fingerprint density at radius 3 is 2.20 bits per heavy atom. The fourth-order valence-corrected chi connectivity index (χ4v) is 6.39. The van der Waals surface area contributed by atoms with Gasteiger partial charge >= 0.3 is 6.09 Å². The van der Waals surface area contributed by atoms with Crippen molar-refractivity contribution in [3.63, 3.8) is 0 Å². The second-order valence-electron chi connectivity index (χ2n) is 11.0. The molecule has 0 spiro atoms. The molecule has 0 aromatic heterocycles. The van der Waals surface area contributed by atoms with E-state index < -0.39 is 9.84 Å². The number of hydrogen-bond acceptors (Lipinski definition) is 6. The Bertz CT molecular complexity index is 1210. The van der Waals surface area contributed by atoms with E-state index in [9.17, 15) is 18.0 Å². The number of carbonyl (C=O) groups is 2. The monoisotopic (exact) mass is 569 g/mol. The fourth-order valence-electron chi connectivity index (χ4n) is 5.76. The molecule has 2 saturated heterocycles. The summed E-state index contributed by atoms with van der Waals surface area (Å²) in [4.78, 5) is 32.5. The Labute approximate surface area is 239 Å². The van der Waals surface area contributed by atoms with Crippen molar-refractivity contribution in [2.24, 2.45) is 0 Å². The third-order valence-electron chi connectivity index (χ3n) is 8.10. The Balaban J connectivity index is 1.28. The largest absolute Gasteiger partial charge is 0.441 e. The maximum atomic E-state index is 13.2. The third kappa shape index (κ3) is 8.30. The molecular formula is C31H43N3O5S. The van der Waals surface area contributed by atoms with Crippen LogP contribution in [0, 0.1) is 0 Å². The molecule has 2 aromatic rings. The van der Waals surface area contributed by atoms with Gasteiger partial charge in [0.2, 0.25) is 5.91 Å². The van der Waals surface area contributed by atoms with Gasteiger partial charge in [-0.1, -0.05) is 42.5 Å². The molecule has 9 heteroatoms. The number of piperidine rings is 2. The van der Waals surface area contributed by atoms with Crippen LogP contribution in [-0.2, 0) is 25.8 Å². The van der Waals surface area contributed by atoms with Crippen LogP contribution in [0.25, 0.3) is 0 Å². The maximum absolute atomic E-state index is 13.2. The Morgan fingerprint density at radius 1 is 0.950 bits per heavy atom. The Hall–Kier alpha value is -2.91. The zero-order valence-corrected chi connectivity index (χ0v) is 24.7. The van der Waals surface area contributed by atoms with E-state index in [1.165, 1.54) is 12.7 Å². The van der Waals surface area contributed by atoms with Crippen molar-refractivity contribution in [2.75, 3.05) is 45.5 Å². The molecule has 0 saturated carbocycles. The summed E-state index contributed by atoms with van der Waals surface area (Å²) in [5, 5.41) is 0. The van der Waals surface area contributed by atoms with Crippen molar-refractivity contribution in [3.05, 3.63) is 65.7 Å². The van der Waals surface area contributed by atoms with Crippen LogP contribution in [0.4, 0.5) is 4.79 Å². The van der Waals surface area contributed by atoms with Gasteiger partial charge in [-0.05, 0) is 62.3 Å². The van der Waals surface area contributed by atoms with E-state index in [1.807, 2.05) is 47.1 Å². The van der Waals surface area contributed by atoms with Crippen LogP contribution in [0.1, 0.15) is 62.7 Å². The summed E-state index contributed by atoms with van der Waals surface area (Å²) >= 11 is 0. The van der Waals surface area contributed by atoms with E-state index in [0.29, 0.717) is 6.54 Å². The van der Waals surface area contributed by atoms with Crippen LogP contribution in [0.5, 0.6) is 0 Å². The zero-order valence-electron chi connectivity index (χ0n) is 23.8. The first-order valence-corrected chi connectivity index (χ1v) is 16.4. The highest BCUT2D eigenvalue weighted by Gasteiger charge is 2.28. The van der Waals surface area contributed by atoms with Gasteiger partial charge in [-0.15, -0.1) is 0 Å². The Kier molecular flexibility index (Phi) is 10.6. The van der Waals surface area contributed by atoms with Gasteiger partial charge < -0.3 is 19.4 Å². The third-order valence-corrected chi connectivity index (χ3v) is 9.23. The zero-order chi connectivity index (χ0) is 28.5. The summed E-state index contributed by atoms with van der Waals surface area (Å²) < 4.78 is 29.5. The number of hydrogen-bond donors (Lipinski definition) is 0. The first-order chi connectivity index (χ1) is 19.2. The molecule has 0 bridgehead atoms. The minimum absolute atomic E-state index is 0.0711. The summed E-state index contributed by atoms with van der Waals surface area (Å²) in [6, 6.07) is 16.8. The molecule has 2 heterocycles. The van der Waals surface area contributed by atoms with Crippen LogP contribution < -0.4 is 0 Å². The average molecular weight is 570 g/mol. The normalized spacial score (nSPS) is 17.8. The van der Waals surface area contributed by atoms with E-state index >= 15 is 0 Å². The quantitative estimate of drug-likeness (QED) is 0.412. The van der Waals surface area contributed by atoms with Gasteiger partial charge in [-0.25, -0.2) is 13.2 Å². The highest BCUT2D eigenvalue weighted by molar-refractivity contribution is 7.90. The SMILES string of the molecule is CCN(C(=O)Cc1ccc(S(C)(=O)=O)cc1)C1CCN(CCC(OC(=O)N2CCCCC2)c2ccccc2)CC1. The van der Waals surface area contributed by atoms with Crippen LogP contribution in [-0.4, -0.2) is 86.7 Å². The molecule has 40 heavy (non-hydrogen) atoms. The number of carbonyl (C=O) groups excluding carboxylic acids is 2. The number of sulfone groups is 1. The molecule has 2 aromatic carbocycles. The first kappa shape index (κ1) is 30.1. The molecule has 2 amide bonds. The lowest BCUT2D eigenvalue weighted by Crippen LogP contribution is -2.48. The van der Waals surface area contributed by atoms with Crippen molar-refractivity contribution in [2.45, 2.75) is 68.9 Å². The van der Waals surface area contributed by atoms with E-state index in [2.05, 4.69) is 4.90 Å². The summed E-state index contributed by atoms with van der Waals surface area (Å²) in [7, 11) is -3.26. The maximum Gasteiger partial charge on any atom is 0.410 e. The van der Waals surface area contributed by atoms with Crippen molar-refractivity contribution >= 4 is 21.8 Å². The van der Waals surface area contributed by atoms with E-state index in [0.717, 1.165) is 76.0 Å². The molecule has 0 radical (unpaired) electrons. The molecule has 2 aliphatic heterocycles. The van der Waals surface area contributed by atoms with Gasteiger partial charge in [-0.3, -0.25) is 4.79 Å². The highest BCUT2D eigenvalue weighted by atomic mass is 32.2. The lowest BCUT2D eigenvalue weighted by Gasteiger charge is -2.38. The summed E-state index contributed by atoms with van der Waals surface area (Å²) in [5.74, 6) is 0.0711. The van der Waals surface area contributed by atoms with Gasteiger partial charge in [-0.2, -0.15) is 0 Å². The number of ether oxygens (including phenoxy) is 1. The van der Waals surface area contributed by atoms with Crippen molar-refractivity contribution < 1.29 is 22.7 Å². The van der Waals surface area contributed by atoms with Crippen molar-refractivity contribution in [3.8, 4) is 0 Å². The molecule has 1 atom stereocenters. The second kappa shape index (κ2) is 14.1. The molecule has 4 rings (SSSR count). The summed E-state index contributed by atoms with van der Waals surface area (Å²) in [6.07, 6.45) is 6.72. The van der Waals surface area contributed by atoms with Crippen molar-refractivity contribution in [1.82, 2.24) is 14.7 Å². The van der Waals surface area contributed by atoms with Gasteiger partial charge in [0.05, 0.1) is 11.3 Å². The van der Waals surface area contributed by atoms with Crippen molar-refractivity contribution in [1.29, 1.82) is 0 Å². The predicted octanol–water partition coefficient (Wildman–Crippen LogP) is 4.70. The van der Waals surface area contributed by atoms with Gasteiger partial charge in [0.25, 0.3) is 0 Å². The second-order valence-corrected chi connectivity index (χ2v) is 13.0. The van der Waals surface area contributed by atoms with Crippen LogP contribution in [0.15, 0.2) is 59.5 Å². The molecule has 8 nitrogen and oxygen atoms in total. The van der Waals surface area contributed by atoms with Crippen LogP contribution >= 0.6 is 0 Å². The minimum Gasteiger partial charge on any atom is -0.441 e. The smallest absolute Gasteiger partial charge is 0.410 e. The topological polar surface area (TPSA) is 87.2 Å². The molecular weight excluding hydrogens is 526 g/mol. The Morgan fingerprint density at radius 2 is 1.60 bits per heavy atom. The predicted molar refractivity (Wildman–Crippen MR) is 156 cm³/mol. The minimum atomic E-state index is -3.26. The van der Waals surface area contributed by atoms with Gasteiger partial charge in [0.1, 0.15) is 6.10 Å². The molecule has 0 aliphatic carbocycles. The molecule has 2 aliphatic rings. The summed E-state index contributed by atoms with van der Waals surface area (Å²) in [5.41, 5.74) is 1.84. The van der Waals surface area contributed by atoms with Gasteiger partial charge in [0.15, 0.2) is 9.84 Å². The highest BCUT2D eigenvalue weighted by Crippen LogP contribution is 2.25. The number of nitrogens with zero attached hydrogens (tertiary/aromatic N) is 3. The van der Waals surface area contributed by atoms with Gasteiger partial charge in [0, 0.05) is 58.0 Å². The number of amides is 2. The number of likely N-dealkylation sites (N-methyl/N-ethyl adjacent to an activating group) is 1. The molecule has 218 valence electrons. The first-order valence-electron chi connectivity index (χ1n) is 14.6. The van der Waals surface area contributed by atoms with E-state index in [4.69, 9.17) is 4.74 Å². The summed E-state index contributed by atoms with van der Waals surface area (Å²) in [6.45, 7) is 6.80. The number of rotatable bonds is 10. The average Bonchev–Trinajstić information content (AvgIpc) is 2.97.